The summed E-state index contributed by atoms with van der Waals surface area (Å²) in [5, 5.41) is 14.1. The minimum atomic E-state index is -1.19. The van der Waals surface area contributed by atoms with Crippen LogP contribution in [0.15, 0.2) is 59.5 Å². The lowest BCUT2D eigenvalue weighted by Gasteiger charge is -2.14. The number of hydrogen-bond donors (Lipinski definition) is 3. The summed E-state index contributed by atoms with van der Waals surface area (Å²) in [7, 11) is 0. The van der Waals surface area contributed by atoms with E-state index in [0.717, 1.165) is 22.6 Å². The molecular formula is C20H19ClN2O4S. The van der Waals surface area contributed by atoms with E-state index in [4.69, 9.17) is 16.7 Å². The van der Waals surface area contributed by atoms with Crippen molar-refractivity contribution in [3.05, 3.63) is 65.2 Å². The Labute approximate surface area is 172 Å². The zero-order valence-electron chi connectivity index (χ0n) is 15.2. The van der Waals surface area contributed by atoms with Gasteiger partial charge in [-0.05, 0) is 55.8 Å². The molecule has 0 aromatic heterocycles. The van der Waals surface area contributed by atoms with Crippen LogP contribution in [0.1, 0.15) is 12.5 Å². The van der Waals surface area contributed by atoms with E-state index < -0.39 is 11.9 Å². The van der Waals surface area contributed by atoms with Gasteiger partial charge in [0, 0.05) is 33.4 Å². The van der Waals surface area contributed by atoms with Gasteiger partial charge in [-0.25, -0.2) is 4.79 Å². The summed E-state index contributed by atoms with van der Waals surface area (Å²) in [6.45, 7) is 3.69. The Hall–Kier alpha value is -2.77. The molecular weight excluding hydrogens is 400 g/mol. The third kappa shape index (κ3) is 6.75. The summed E-state index contributed by atoms with van der Waals surface area (Å²) in [6.07, 6.45) is 1.71. The molecule has 0 heterocycles. The van der Waals surface area contributed by atoms with E-state index in [1.54, 1.807) is 43.3 Å². The van der Waals surface area contributed by atoms with Crippen molar-refractivity contribution in [3.8, 4) is 0 Å². The molecule has 0 saturated carbocycles. The van der Waals surface area contributed by atoms with Crippen LogP contribution >= 0.6 is 23.4 Å². The molecule has 2 rings (SSSR count). The number of anilines is 2. The molecule has 6 nitrogen and oxygen atoms in total. The lowest BCUT2D eigenvalue weighted by molar-refractivity contribution is -0.131. The van der Waals surface area contributed by atoms with E-state index >= 15 is 0 Å². The lowest BCUT2D eigenvalue weighted by Crippen LogP contribution is -2.22. The van der Waals surface area contributed by atoms with Crippen LogP contribution in [0.2, 0.25) is 5.02 Å². The lowest BCUT2D eigenvalue weighted by atomic mass is 10.2. The first-order valence-electron chi connectivity index (χ1n) is 8.30. The maximum atomic E-state index is 12.4. The van der Waals surface area contributed by atoms with Gasteiger partial charge in [-0.2, -0.15) is 0 Å². The van der Waals surface area contributed by atoms with E-state index in [0.29, 0.717) is 16.4 Å². The van der Waals surface area contributed by atoms with Crippen molar-refractivity contribution in [1.29, 1.82) is 0 Å². The number of halogens is 1. The number of nitrogens with one attached hydrogen (secondary N) is 2. The summed E-state index contributed by atoms with van der Waals surface area (Å²) >= 11 is 7.35. The maximum Gasteiger partial charge on any atom is 0.328 e. The van der Waals surface area contributed by atoms with Crippen LogP contribution < -0.4 is 10.6 Å². The average Bonchev–Trinajstić information content (AvgIpc) is 2.64. The minimum absolute atomic E-state index is 0.147. The third-order valence-electron chi connectivity index (χ3n) is 3.64. The number of amides is 2. The number of carbonyl (C=O) groups excluding carboxylic acids is 2. The Balaban J connectivity index is 1.93. The molecule has 2 aromatic carbocycles. The number of carbonyl (C=O) groups is 3. The Morgan fingerprint density at radius 1 is 1.07 bits per heavy atom. The van der Waals surface area contributed by atoms with Crippen molar-refractivity contribution in [2.45, 2.75) is 24.0 Å². The summed E-state index contributed by atoms with van der Waals surface area (Å²) in [6, 6.07) is 12.2. The molecule has 1 unspecified atom stereocenters. The van der Waals surface area contributed by atoms with E-state index in [1.807, 2.05) is 13.0 Å². The minimum Gasteiger partial charge on any atom is -0.478 e. The highest BCUT2D eigenvalue weighted by Crippen LogP contribution is 2.27. The van der Waals surface area contributed by atoms with Crippen LogP contribution in [0.5, 0.6) is 0 Å². The molecule has 0 saturated heterocycles. The smallest absolute Gasteiger partial charge is 0.328 e. The summed E-state index contributed by atoms with van der Waals surface area (Å²) < 4.78 is 0. The van der Waals surface area contributed by atoms with Gasteiger partial charge in [0.15, 0.2) is 0 Å². The molecule has 2 amide bonds. The van der Waals surface area contributed by atoms with Crippen LogP contribution in [-0.2, 0) is 14.4 Å². The van der Waals surface area contributed by atoms with Crippen LogP contribution in [-0.4, -0.2) is 28.1 Å². The zero-order valence-corrected chi connectivity index (χ0v) is 16.8. The summed E-state index contributed by atoms with van der Waals surface area (Å²) in [4.78, 5) is 35.2. The molecule has 0 radical (unpaired) electrons. The standard InChI is InChI=1S/C20H19ClN2O4S/c1-12-3-4-14(21)11-17(12)23-20(27)13(2)28-16-7-5-15(6-8-16)22-18(24)9-10-19(25)26/h3-11,13H,1-2H3,(H,22,24)(H,23,27)(H,25,26)/b10-9+. The van der Waals surface area contributed by atoms with Crippen LogP contribution in [0.3, 0.4) is 0 Å². The second-order valence-corrected chi connectivity index (χ2v) is 7.74. The van der Waals surface area contributed by atoms with Gasteiger partial charge in [0.2, 0.25) is 11.8 Å². The molecule has 0 bridgehead atoms. The van der Waals surface area contributed by atoms with Gasteiger partial charge in [-0.15, -0.1) is 11.8 Å². The SMILES string of the molecule is Cc1ccc(Cl)cc1NC(=O)C(C)Sc1ccc(NC(=O)/C=C/C(=O)O)cc1. The van der Waals surface area contributed by atoms with E-state index in [2.05, 4.69) is 10.6 Å². The van der Waals surface area contributed by atoms with Crippen LogP contribution in [0, 0.1) is 6.92 Å². The van der Waals surface area contributed by atoms with Crippen molar-refractivity contribution in [1.82, 2.24) is 0 Å². The first kappa shape index (κ1) is 21.5. The highest BCUT2D eigenvalue weighted by Gasteiger charge is 2.15. The highest BCUT2D eigenvalue weighted by atomic mass is 35.5. The number of rotatable bonds is 7. The number of benzene rings is 2. The van der Waals surface area contributed by atoms with Crippen molar-refractivity contribution >= 4 is 52.5 Å². The molecule has 0 aliphatic carbocycles. The normalized spacial score (nSPS) is 11.8. The predicted octanol–water partition coefficient (Wildman–Crippen LogP) is 4.35. The summed E-state index contributed by atoms with van der Waals surface area (Å²) in [5.74, 6) is -1.87. The number of thioether (sulfide) groups is 1. The van der Waals surface area contributed by atoms with Gasteiger partial charge in [-0.3, -0.25) is 9.59 Å². The monoisotopic (exact) mass is 418 g/mol. The highest BCUT2D eigenvalue weighted by molar-refractivity contribution is 8.00. The topological polar surface area (TPSA) is 95.5 Å². The van der Waals surface area contributed by atoms with Crippen molar-refractivity contribution in [2.75, 3.05) is 10.6 Å². The zero-order chi connectivity index (χ0) is 20.7. The summed E-state index contributed by atoms with van der Waals surface area (Å²) in [5.41, 5.74) is 2.13. The number of aliphatic carboxylic acids is 1. The van der Waals surface area contributed by atoms with Crippen LogP contribution in [0.4, 0.5) is 11.4 Å². The van der Waals surface area contributed by atoms with E-state index in [9.17, 15) is 14.4 Å². The van der Waals surface area contributed by atoms with Gasteiger partial charge in [0.05, 0.1) is 5.25 Å². The molecule has 146 valence electrons. The molecule has 2 aromatic rings. The van der Waals surface area contributed by atoms with Gasteiger partial charge >= 0.3 is 5.97 Å². The predicted molar refractivity (Wildman–Crippen MR) is 112 cm³/mol. The Kier molecular flexibility index (Phi) is 7.66. The molecule has 1 atom stereocenters. The second-order valence-electron chi connectivity index (χ2n) is 5.89. The largest absolute Gasteiger partial charge is 0.478 e. The molecule has 0 aliphatic rings. The number of hydrogen-bond acceptors (Lipinski definition) is 4. The second kappa shape index (κ2) is 9.96. The average molecular weight is 419 g/mol. The molecule has 28 heavy (non-hydrogen) atoms. The quantitative estimate of drug-likeness (QED) is 0.459. The Morgan fingerprint density at radius 2 is 1.75 bits per heavy atom. The van der Waals surface area contributed by atoms with E-state index in [1.165, 1.54) is 11.8 Å². The fourth-order valence-corrected chi connectivity index (χ4v) is 3.21. The molecule has 0 fully saturated rings. The maximum absolute atomic E-state index is 12.4. The number of aryl methyl sites for hydroxylation is 1. The molecule has 3 N–H and O–H groups in total. The van der Waals surface area contributed by atoms with Crippen LogP contribution in [0.25, 0.3) is 0 Å². The number of carboxylic acid groups (broad SMARTS) is 1. The number of carboxylic acids is 1. The molecule has 0 aliphatic heterocycles. The third-order valence-corrected chi connectivity index (χ3v) is 4.99. The van der Waals surface area contributed by atoms with Crippen molar-refractivity contribution < 1.29 is 19.5 Å². The van der Waals surface area contributed by atoms with E-state index in [-0.39, 0.29) is 11.2 Å². The van der Waals surface area contributed by atoms with Gasteiger partial charge in [-0.1, -0.05) is 17.7 Å². The Morgan fingerprint density at radius 3 is 2.39 bits per heavy atom. The first-order valence-corrected chi connectivity index (χ1v) is 9.56. The fourth-order valence-electron chi connectivity index (χ4n) is 2.17. The van der Waals surface area contributed by atoms with Gasteiger partial charge in [0.25, 0.3) is 0 Å². The van der Waals surface area contributed by atoms with Gasteiger partial charge < -0.3 is 15.7 Å². The molecule has 8 heteroatoms. The molecule has 0 spiro atoms. The fraction of sp³-hybridized carbons (Fsp3) is 0.150. The van der Waals surface area contributed by atoms with Gasteiger partial charge in [0.1, 0.15) is 0 Å². The Bertz CT molecular complexity index is 913. The van der Waals surface area contributed by atoms with Crippen molar-refractivity contribution in [2.24, 2.45) is 0 Å². The first-order chi connectivity index (χ1) is 13.2. The van der Waals surface area contributed by atoms with Crippen molar-refractivity contribution in [3.63, 3.8) is 0 Å².